The molecule has 2 N–H and O–H groups in total. The van der Waals surface area contributed by atoms with E-state index >= 15 is 0 Å². The Morgan fingerprint density at radius 3 is 2.28 bits per heavy atom. The minimum Gasteiger partial charge on any atom is -0.453 e. The van der Waals surface area contributed by atoms with Crippen LogP contribution in [0.5, 0.6) is 0 Å². The van der Waals surface area contributed by atoms with Crippen LogP contribution < -0.4 is 5.32 Å². The highest BCUT2D eigenvalue weighted by Gasteiger charge is 2.57. The summed E-state index contributed by atoms with van der Waals surface area (Å²) >= 11 is 0. The Hall–Kier alpha value is -1.88. The third-order valence-electron chi connectivity index (χ3n) is 7.19. The van der Waals surface area contributed by atoms with E-state index in [0.29, 0.717) is 36.3 Å². The van der Waals surface area contributed by atoms with Crippen molar-refractivity contribution in [3.63, 3.8) is 0 Å². The molecule has 0 heterocycles. The van der Waals surface area contributed by atoms with Gasteiger partial charge in [-0.05, 0) is 86.3 Å². The van der Waals surface area contributed by atoms with Crippen LogP contribution in [0.3, 0.4) is 0 Å². The average molecular weight is 400 g/mol. The summed E-state index contributed by atoms with van der Waals surface area (Å²) < 4.78 is 5.49. The monoisotopic (exact) mass is 399 g/mol. The SMILES string of the molecule is CC(C)c1ccc(NC(=O)[C@H](C)OC(=O)CC23C[C@@H]4C[C@@H](CC(O)(C4)C2)C3)cc1. The summed E-state index contributed by atoms with van der Waals surface area (Å²) in [4.78, 5) is 25.1. The molecule has 5 nitrogen and oxygen atoms in total. The third kappa shape index (κ3) is 4.35. The highest BCUT2D eigenvalue weighted by molar-refractivity contribution is 5.95. The fourth-order valence-corrected chi connectivity index (χ4v) is 6.40. The minimum absolute atomic E-state index is 0.140. The first-order chi connectivity index (χ1) is 13.7. The predicted molar refractivity (Wildman–Crippen MR) is 111 cm³/mol. The van der Waals surface area contributed by atoms with Crippen molar-refractivity contribution in [1.82, 2.24) is 0 Å². The quantitative estimate of drug-likeness (QED) is 0.695. The molecule has 2 unspecified atom stereocenters. The second-order valence-electron chi connectivity index (χ2n) is 10.3. The Morgan fingerprint density at radius 2 is 1.72 bits per heavy atom. The van der Waals surface area contributed by atoms with Gasteiger partial charge in [-0.2, -0.15) is 0 Å². The van der Waals surface area contributed by atoms with Crippen LogP contribution >= 0.6 is 0 Å². The first-order valence-corrected chi connectivity index (χ1v) is 11.0. The zero-order valence-corrected chi connectivity index (χ0v) is 17.7. The maximum Gasteiger partial charge on any atom is 0.307 e. The van der Waals surface area contributed by atoms with Crippen LogP contribution in [-0.2, 0) is 14.3 Å². The molecule has 29 heavy (non-hydrogen) atoms. The van der Waals surface area contributed by atoms with Crippen LogP contribution in [0, 0.1) is 17.3 Å². The molecule has 0 aromatic heterocycles. The van der Waals surface area contributed by atoms with Crippen molar-refractivity contribution in [2.75, 3.05) is 5.32 Å². The first kappa shape index (κ1) is 20.4. The van der Waals surface area contributed by atoms with E-state index in [4.69, 9.17) is 4.74 Å². The lowest BCUT2D eigenvalue weighted by atomic mass is 9.47. The molecule has 0 radical (unpaired) electrons. The van der Waals surface area contributed by atoms with Crippen molar-refractivity contribution < 1.29 is 19.4 Å². The minimum atomic E-state index is -0.843. The lowest BCUT2D eigenvalue weighted by molar-refractivity contribution is -0.179. The van der Waals surface area contributed by atoms with E-state index in [1.54, 1.807) is 6.92 Å². The van der Waals surface area contributed by atoms with Gasteiger partial charge in [0, 0.05) is 5.69 Å². The van der Waals surface area contributed by atoms with Crippen LogP contribution in [-0.4, -0.2) is 28.7 Å². The molecule has 4 aliphatic carbocycles. The molecular formula is C24H33NO4. The summed E-state index contributed by atoms with van der Waals surface area (Å²) in [6.07, 6.45) is 5.13. The molecule has 5 heteroatoms. The standard InChI is InChI=1S/C24H33NO4/c1-15(2)19-4-6-20(7-5-19)25-22(27)16(3)29-21(26)13-23-9-17-8-18(10-23)12-24(28,11-17)14-23/h4-7,15-18,28H,8-14H2,1-3H3,(H,25,27)/t16-,17-,18+,23?,24?/m0/s1. The van der Waals surface area contributed by atoms with E-state index in [9.17, 15) is 14.7 Å². The zero-order valence-electron chi connectivity index (χ0n) is 17.7. The number of carbonyl (C=O) groups is 2. The Morgan fingerprint density at radius 1 is 1.10 bits per heavy atom. The van der Waals surface area contributed by atoms with Crippen LogP contribution in [0.15, 0.2) is 24.3 Å². The molecule has 4 bridgehead atoms. The number of hydrogen-bond donors (Lipinski definition) is 2. The molecule has 5 rings (SSSR count). The zero-order chi connectivity index (χ0) is 20.8. The van der Waals surface area contributed by atoms with E-state index in [-0.39, 0.29) is 17.3 Å². The maximum atomic E-state index is 12.6. The molecule has 0 aliphatic heterocycles. The van der Waals surface area contributed by atoms with Gasteiger partial charge in [0.15, 0.2) is 6.10 Å². The highest BCUT2D eigenvalue weighted by atomic mass is 16.5. The van der Waals surface area contributed by atoms with Gasteiger partial charge in [-0.15, -0.1) is 0 Å². The summed E-state index contributed by atoms with van der Waals surface area (Å²) in [5.41, 5.74) is 1.18. The normalized spacial score (nSPS) is 33.6. The van der Waals surface area contributed by atoms with E-state index in [1.807, 2.05) is 24.3 Å². The van der Waals surface area contributed by atoms with Gasteiger partial charge < -0.3 is 15.2 Å². The fourth-order valence-electron chi connectivity index (χ4n) is 6.40. The fraction of sp³-hybridized carbons (Fsp3) is 0.667. The molecule has 1 amide bonds. The summed E-state index contributed by atoms with van der Waals surface area (Å²) in [6.45, 7) is 5.86. The highest BCUT2D eigenvalue weighted by Crippen LogP contribution is 2.62. The lowest BCUT2D eigenvalue weighted by Gasteiger charge is -2.60. The largest absolute Gasteiger partial charge is 0.453 e. The summed E-state index contributed by atoms with van der Waals surface area (Å²) in [5, 5.41) is 13.7. The number of ether oxygens (including phenoxy) is 1. The van der Waals surface area contributed by atoms with E-state index in [1.165, 1.54) is 12.0 Å². The smallest absolute Gasteiger partial charge is 0.307 e. The van der Waals surface area contributed by atoms with Crippen molar-refractivity contribution in [2.45, 2.75) is 83.3 Å². The topological polar surface area (TPSA) is 75.6 Å². The average Bonchev–Trinajstić information content (AvgIpc) is 2.59. The number of aliphatic hydroxyl groups is 1. The summed E-state index contributed by atoms with van der Waals surface area (Å²) in [5.74, 6) is 0.850. The summed E-state index contributed by atoms with van der Waals surface area (Å²) in [7, 11) is 0. The molecule has 5 atom stereocenters. The molecule has 0 spiro atoms. The predicted octanol–water partition coefficient (Wildman–Crippen LogP) is 4.40. The van der Waals surface area contributed by atoms with Gasteiger partial charge in [-0.25, -0.2) is 0 Å². The second-order valence-corrected chi connectivity index (χ2v) is 10.3. The van der Waals surface area contributed by atoms with Gasteiger partial charge in [0.05, 0.1) is 12.0 Å². The molecule has 4 saturated carbocycles. The Labute approximate surface area is 173 Å². The van der Waals surface area contributed by atoms with E-state index < -0.39 is 11.7 Å². The van der Waals surface area contributed by atoms with Crippen LogP contribution in [0.2, 0.25) is 0 Å². The van der Waals surface area contributed by atoms with Crippen molar-refractivity contribution in [2.24, 2.45) is 17.3 Å². The number of hydrogen-bond acceptors (Lipinski definition) is 4. The summed E-state index contributed by atoms with van der Waals surface area (Å²) in [6, 6.07) is 7.74. The molecule has 158 valence electrons. The van der Waals surface area contributed by atoms with Crippen LogP contribution in [0.4, 0.5) is 5.69 Å². The molecule has 1 aromatic carbocycles. The molecule has 4 fully saturated rings. The third-order valence-corrected chi connectivity index (χ3v) is 7.19. The van der Waals surface area contributed by atoms with Crippen molar-refractivity contribution in [1.29, 1.82) is 0 Å². The Bertz CT molecular complexity index is 771. The molecule has 0 saturated heterocycles. The Kier molecular flexibility index (Phi) is 5.22. The van der Waals surface area contributed by atoms with Gasteiger partial charge in [-0.1, -0.05) is 26.0 Å². The number of anilines is 1. The molecule has 1 aromatic rings. The van der Waals surface area contributed by atoms with E-state index in [0.717, 1.165) is 25.7 Å². The number of nitrogens with one attached hydrogen (secondary N) is 1. The Balaban J connectivity index is 1.32. The first-order valence-electron chi connectivity index (χ1n) is 11.0. The van der Waals surface area contributed by atoms with Crippen LogP contribution in [0.25, 0.3) is 0 Å². The van der Waals surface area contributed by atoms with Crippen molar-refractivity contribution in [3.05, 3.63) is 29.8 Å². The van der Waals surface area contributed by atoms with E-state index in [2.05, 4.69) is 19.2 Å². The van der Waals surface area contributed by atoms with Gasteiger partial charge >= 0.3 is 5.97 Å². The second kappa shape index (κ2) is 7.42. The van der Waals surface area contributed by atoms with Crippen molar-refractivity contribution in [3.8, 4) is 0 Å². The molecular weight excluding hydrogens is 366 g/mol. The van der Waals surface area contributed by atoms with Gasteiger partial charge in [0.25, 0.3) is 5.91 Å². The maximum absolute atomic E-state index is 12.6. The number of esters is 1. The van der Waals surface area contributed by atoms with Gasteiger partial charge in [0.2, 0.25) is 0 Å². The number of amides is 1. The number of benzene rings is 1. The number of rotatable bonds is 6. The molecule has 4 aliphatic rings. The lowest BCUT2D eigenvalue weighted by Crippen LogP contribution is -2.56. The van der Waals surface area contributed by atoms with Gasteiger partial charge in [-0.3, -0.25) is 9.59 Å². The van der Waals surface area contributed by atoms with Crippen molar-refractivity contribution >= 4 is 17.6 Å². The number of carbonyl (C=O) groups excluding carboxylic acids is 2. The van der Waals surface area contributed by atoms with Crippen LogP contribution in [0.1, 0.15) is 77.2 Å². The van der Waals surface area contributed by atoms with Gasteiger partial charge in [0.1, 0.15) is 0 Å².